The Bertz CT molecular complexity index is 514. The first-order chi connectivity index (χ1) is 16.8. The first kappa shape index (κ1) is 44.3. The minimum absolute atomic E-state index is 0.0354. The predicted molar refractivity (Wildman–Crippen MR) is 159 cm³/mol. The van der Waals surface area contributed by atoms with Gasteiger partial charge in [0, 0.05) is 44.5 Å². The summed E-state index contributed by atoms with van der Waals surface area (Å²) in [5, 5.41) is 10.4. The van der Waals surface area contributed by atoms with Crippen LogP contribution in [0, 0.1) is 0 Å². The number of ketones is 1. The molecule has 2 atom stereocenters. The quantitative estimate of drug-likeness (QED) is 0.118. The van der Waals surface area contributed by atoms with Gasteiger partial charge < -0.3 is 24.9 Å². The molecule has 35 heavy (non-hydrogen) atoms. The zero-order valence-electron chi connectivity index (χ0n) is 23.1. The maximum absolute atomic E-state index is 12.0. The molecule has 0 aliphatic rings. The van der Waals surface area contributed by atoms with Crippen LogP contribution >= 0.6 is 45.1 Å². The zero-order valence-corrected chi connectivity index (χ0v) is 26.4. The third kappa shape index (κ3) is 29.4. The van der Waals surface area contributed by atoms with E-state index < -0.39 is 17.0 Å². The van der Waals surface area contributed by atoms with Crippen LogP contribution in [0.2, 0.25) is 0 Å². The van der Waals surface area contributed by atoms with Crippen molar-refractivity contribution in [3.05, 3.63) is 0 Å². The van der Waals surface area contributed by atoms with Crippen molar-refractivity contribution in [1.82, 2.24) is 10.2 Å². The molecule has 2 N–H and O–H groups in total. The largest absolute Gasteiger partial charge is 0.475 e. The monoisotopic (exact) mass is 576 g/mol. The summed E-state index contributed by atoms with van der Waals surface area (Å²) in [7, 11) is 7.33. The summed E-state index contributed by atoms with van der Waals surface area (Å²) in [5.41, 5.74) is 0. The molecule has 0 aliphatic carbocycles. The normalized spacial score (nSPS) is 10.6. The van der Waals surface area contributed by atoms with E-state index in [1.165, 1.54) is 11.8 Å². The Morgan fingerprint density at radius 3 is 1.66 bits per heavy atom. The summed E-state index contributed by atoms with van der Waals surface area (Å²) >= 11 is 2.51. The number of aldehydes is 2. The molecule has 0 aromatic carbocycles. The molecule has 0 rings (SSSR count). The Morgan fingerprint density at radius 1 is 0.857 bits per heavy atom. The lowest BCUT2D eigenvalue weighted by molar-refractivity contribution is -0.148. The second-order valence-electron chi connectivity index (χ2n) is 5.43. The Balaban J connectivity index is -0.000000151. The van der Waals surface area contributed by atoms with Gasteiger partial charge in [0.05, 0.1) is 10.5 Å². The number of carbonyl (C=O) groups is 5. The summed E-state index contributed by atoms with van der Waals surface area (Å²) in [6, 6.07) is 0. The molecule has 0 bridgehead atoms. The minimum atomic E-state index is -1.48. The van der Waals surface area contributed by atoms with Crippen molar-refractivity contribution in [2.75, 3.05) is 51.2 Å². The number of carboxylic acid groups (broad SMARTS) is 1. The van der Waals surface area contributed by atoms with E-state index in [9.17, 15) is 24.0 Å². The van der Waals surface area contributed by atoms with Gasteiger partial charge >= 0.3 is 5.97 Å². The molecule has 0 saturated heterocycles. The SMILES string of the molecule is CC.CC.CC.CNCCSSCCN(C)C(=O)C(CC=O)SC.CSC(CC=O)C(=O)C(=O)O. The van der Waals surface area contributed by atoms with Crippen molar-refractivity contribution >= 4 is 75.3 Å². The third-order valence-electron chi connectivity index (χ3n) is 3.37. The number of nitrogens with one attached hydrogen (secondary N) is 1. The summed E-state index contributed by atoms with van der Waals surface area (Å²) in [6.45, 7) is 13.7. The lowest BCUT2D eigenvalue weighted by atomic mass is 10.2. The van der Waals surface area contributed by atoms with E-state index in [-0.39, 0.29) is 17.6 Å². The average Bonchev–Trinajstić information content (AvgIpc) is 2.90. The van der Waals surface area contributed by atoms with Crippen LogP contribution in [-0.2, 0) is 24.0 Å². The van der Waals surface area contributed by atoms with Gasteiger partial charge in [0.15, 0.2) is 0 Å². The Morgan fingerprint density at radius 2 is 1.29 bits per heavy atom. The number of carbonyl (C=O) groups excluding carboxylic acids is 4. The molecule has 210 valence electrons. The van der Waals surface area contributed by atoms with Crippen molar-refractivity contribution in [3.63, 3.8) is 0 Å². The van der Waals surface area contributed by atoms with Crippen LogP contribution in [0.1, 0.15) is 54.4 Å². The fourth-order valence-electron chi connectivity index (χ4n) is 1.71. The van der Waals surface area contributed by atoms with Gasteiger partial charge in [-0.1, -0.05) is 63.1 Å². The molecule has 2 unspecified atom stereocenters. The van der Waals surface area contributed by atoms with Crippen LogP contribution in [0.4, 0.5) is 0 Å². The Hall–Kier alpha value is -0.690. The van der Waals surface area contributed by atoms with E-state index in [1.807, 2.05) is 65.6 Å². The lowest BCUT2D eigenvalue weighted by Gasteiger charge is -2.21. The predicted octanol–water partition coefficient (Wildman–Crippen LogP) is 4.41. The standard InChI is InChI=1S/C11H22N2O2S3.C6H8O4S.3C2H6/c1-12-5-8-17-18-9-6-13(2)11(15)10(16-3)4-7-14;1-11-4(2-3-7)5(8)6(9)10;3*1-2/h7,10,12H,4-6,8-9H2,1-3H3;3-4H,2H2,1H3,(H,9,10);3*1-2H3. The topological polar surface area (TPSA) is 121 Å². The van der Waals surface area contributed by atoms with E-state index in [1.54, 1.807) is 29.0 Å². The molecule has 0 aromatic heterocycles. The summed E-state index contributed by atoms with van der Waals surface area (Å²) in [4.78, 5) is 54.9. The maximum atomic E-state index is 12.0. The maximum Gasteiger partial charge on any atom is 0.373 e. The number of carboxylic acids is 1. The molecule has 0 heterocycles. The fraction of sp³-hybridized carbons (Fsp3) is 0.783. The highest BCUT2D eigenvalue weighted by Gasteiger charge is 2.23. The van der Waals surface area contributed by atoms with Gasteiger partial charge in [-0.2, -0.15) is 23.5 Å². The van der Waals surface area contributed by atoms with Gasteiger partial charge in [-0.25, -0.2) is 4.79 Å². The van der Waals surface area contributed by atoms with E-state index in [0.29, 0.717) is 12.7 Å². The molecule has 8 nitrogen and oxygen atoms in total. The van der Waals surface area contributed by atoms with Crippen LogP contribution in [-0.4, -0.2) is 102 Å². The van der Waals surface area contributed by atoms with Gasteiger partial charge in [-0.15, -0.1) is 0 Å². The number of amides is 1. The van der Waals surface area contributed by atoms with Crippen LogP contribution in [0.15, 0.2) is 0 Å². The Labute approximate surface area is 230 Å². The van der Waals surface area contributed by atoms with Gasteiger partial charge in [0.25, 0.3) is 5.78 Å². The Kier molecular flexibility index (Phi) is 47.9. The smallest absolute Gasteiger partial charge is 0.373 e. The molecular formula is C23H48N2O6S4. The number of hydrogen-bond acceptors (Lipinski definition) is 10. The van der Waals surface area contributed by atoms with Crippen LogP contribution < -0.4 is 5.32 Å². The number of thioether (sulfide) groups is 2. The summed E-state index contributed by atoms with van der Waals surface area (Å²) in [5.74, 6) is -0.359. The molecular weight excluding hydrogens is 529 g/mol. The highest BCUT2D eigenvalue weighted by molar-refractivity contribution is 8.76. The first-order valence-electron chi connectivity index (χ1n) is 11.6. The lowest BCUT2D eigenvalue weighted by Crippen LogP contribution is -2.36. The highest BCUT2D eigenvalue weighted by atomic mass is 33.1. The fourth-order valence-corrected chi connectivity index (χ4v) is 5.00. The van der Waals surface area contributed by atoms with Crippen molar-refractivity contribution in [1.29, 1.82) is 0 Å². The molecule has 0 aromatic rings. The highest BCUT2D eigenvalue weighted by Crippen LogP contribution is 2.20. The van der Waals surface area contributed by atoms with Gasteiger partial charge in [-0.3, -0.25) is 9.59 Å². The van der Waals surface area contributed by atoms with Gasteiger partial charge in [0.2, 0.25) is 5.91 Å². The van der Waals surface area contributed by atoms with Crippen LogP contribution in [0.5, 0.6) is 0 Å². The summed E-state index contributed by atoms with van der Waals surface area (Å²) in [6.07, 6.45) is 5.08. The van der Waals surface area contributed by atoms with Crippen LogP contribution in [0.3, 0.4) is 0 Å². The summed E-state index contributed by atoms with van der Waals surface area (Å²) < 4.78 is 0. The van der Waals surface area contributed by atoms with Gasteiger partial charge in [0.1, 0.15) is 12.6 Å². The van der Waals surface area contributed by atoms with Crippen molar-refractivity contribution in [2.45, 2.75) is 64.9 Å². The van der Waals surface area contributed by atoms with E-state index in [2.05, 4.69) is 5.32 Å². The van der Waals surface area contributed by atoms with E-state index >= 15 is 0 Å². The number of aliphatic carboxylic acids is 1. The second kappa shape index (κ2) is 37.9. The molecule has 0 aliphatic heterocycles. The average molecular weight is 577 g/mol. The number of nitrogens with zero attached hydrogens (tertiary/aromatic N) is 1. The van der Waals surface area contributed by atoms with Crippen molar-refractivity contribution < 1.29 is 29.1 Å². The van der Waals surface area contributed by atoms with E-state index in [0.717, 1.165) is 42.6 Å². The molecule has 0 radical (unpaired) electrons. The number of Topliss-reactive ketones (excluding diaryl/α,β-unsaturated/α-hetero) is 1. The van der Waals surface area contributed by atoms with Crippen LogP contribution in [0.25, 0.3) is 0 Å². The first-order valence-corrected chi connectivity index (χ1v) is 16.7. The van der Waals surface area contributed by atoms with Crippen molar-refractivity contribution in [3.8, 4) is 0 Å². The molecule has 0 saturated carbocycles. The molecule has 0 fully saturated rings. The minimum Gasteiger partial charge on any atom is -0.475 e. The zero-order chi connectivity index (χ0) is 28.7. The number of rotatable bonds is 16. The van der Waals surface area contributed by atoms with Crippen molar-refractivity contribution in [2.24, 2.45) is 0 Å². The van der Waals surface area contributed by atoms with Gasteiger partial charge in [-0.05, 0) is 19.6 Å². The molecule has 12 heteroatoms. The number of hydrogen-bond donors (Lipinski definition) is 2. The molecule has 0 spiro atoms. The third-order valence-corrected chi connectivity index (χ3v) is 7.70. The van der Waals surface area contributed by atoms with E-state index in [4.69, 9.17) is 5.11 Å². The molecule has 1 amide bonds. The second-order valence-corrected chi connectivity index (χ2v) is 10.2.